The zero-order chi connectivity index (χ0) is 7.84. The number of hydrogen-bond donors (Lipinski definition) is 1. The normalized spacial score (nSPS) is 10.6. The summed E-state index contributed by atoms with van der Waals surface area (Å²) in [5.74, 6) is 0.539. The highest BCUT2D eigenvalue weighted by Gasteiger charge is 2.04. The van der Waals surface area contributed by atoms with E-state index in [1.54, 1.807) is 11.3 Å². The molecule has 3 nitrogen and oxygen atoms in total. The number of anilines is 1. The van der Waals surface area contributed by atoms with Gasteiger partial charge < -0.3 is 5.73 Å². The molecule has 0 bridgehead atoms. The quantitative estimate of drug-likeness (QED) is 0.753. The first-order chi connectivity index (χ1) is 5.29. The van der Waals surface area contributed by atoms with Gasteiger partial charge in [-0.15, -0.1) is 11.3 Å². The summed E-state index contributed by atoms with van der Waals surface area (Å²) in [6.45, 7) is 0. The van der Waals surface area contributed by atoms with Gasteiger partial charge in [0, 0.05) is 5.38 Å². The van der Waals surface area contributed by atoms with Crippen molar-refractivity contribution in [2.24, 2.45) is 0 Å². The van der Waals surface area contributed by atoms with Gasteiger partial charge in [-0.05, 0) is 15.9 Å². The number of aromatic nitrogens is 2. The van der Waals surface area contributed by atoms with Crippen molar-refractivity contribution in [3.8, 4) is 0 Å². The highest BCUT2D eigenvalue weighted by atomic mass is 79.9. The fraction of sp³-hybridized carbons (Fsp3) is 0. The van der Waals surface area contributed by atoms with Crippen LogP contribution in [0.2, 0.25) is 0 Å². The number of rotatable bonds is 0. The smallest absolute Gasteiger partial charge is 0.135 e. The van der Waals surface area contributed by atoms with Gasteiger partial charge in [0.15, 0.2) is 0 Å². The third-order valence-corrected chi connectivity index (χ3v) is 3.07. The van der Waals surface area contributed by atoms with Crippen LogP contribution in [0.25, 0.3) is 10.9 Å². The summed E-state index contributed by atoms with van der Waals surface area (Å²) in [7, 11) is 0. The summed E-state index contributed by atoms with van der Waals surface area (Å²) in [6.07, 6.45) is 1.47. The molecule has 0 aliphatic rings. The number of hydrogen-bond acceptors (Lipinski definition) is 4. The predicted molar refractivity (Wildman–Crippen MR) is 49.5 cm³/mol. The average Bonchev–Trinajstić information content (AvgIpc) is 2.35. The first-order valence-corrected chi connectivity index (χ1v) is 4.59. The van der Waals surface area contributed by atoms with Gasteiger partial charge in [-0.1, -0.05) is 0 Å². The molecule has 0 atom stereocenters. The molecule has 0 amide bonds. The van der Waals surface area contributed by atoms with Crippen LogP contribution in [0, 0.1) is 0 Å². The van der Waals surface area contributed by atoms with E-state index >= 15 is 0 Å². The van der Waals surface area contributed by atoms with Crippen LogP contribution >= 0.6 is 27.3 Å². The lowest BCUT2D eigenvalue weighted by molar-refractivity contribution is 1.23. The molecule has 0 aliphatic heterocycles. The van der Waals surface area contributed by atoms with E-state index in [1.807, 2.05) is 5.38 Å². The maximum Gasteiger partial charge on any atom is 0.135 e. The Morgan fingerprint density at radius 1 is 1.45 bits per heavy atom. The molecule has 0 saturated heterocycles. The minimum Gasteiger partial charge on any atom is -0.383 e. The van der Waals surface area contributed by atoms with E-state index in [0.717, 1.165) is 14.7 Å². The van der Waals surface area contributed by atoms with Gasteiger partial charge in [-0.25, -0.2) is 9.97 Å². The van der Waals surface area contributed by atoms with Crippen LogP contribution in [0.4, 0.5) is 5.82 Å². The highest BCUT2D eigenvalue weighted by molar-refractivity contribution is 9.11. The van der Waals surface area contributed by atoms with Crippen molar-refractivity contribution in [1.82, 2.24) is 9.97 Å². The summed E-state index contributed by atoms with van der Waals surface area (Å²) in [5.41, 5.74) is 6.50. The second-order valence-corrected chi connectivity index (χ2v) is 4.23. The Morgan fingerprint density at radius 2 is 2.27 bits per heavy atom. The lowest BCUT2D eigenvalue weighted by Gasteiger charge is -1.91. The van der Waals surface area contributed by atoms with E-state index in [1.165, 1.54) is 6.33 Å². The zero-order valence-electron chi connectivity index (χ0n) is 5.41. The van der Waals surface area contributed by atoms with E-state index in [0.29, 0.717) is 5.82 Å². The van der Waals surface area contributed by atoms with Crippen LogP contribution in [-0.4, -0.2) is 9.97 Å². The minimum atomic E-state index is 0.539. The monoisotopic (exact) mass is 229 g/mol. The van der Waals surface area contributed by atoms with Crippen LogP contribution in [0.5, 0.6) is 0 Å². The van der Waals surface area contributed by atoms with Gasteiger partial charge >= 0.3 is 0 Å². The Labute approximate surface area is 75.4 Å². The van der Waals surface area contributed by atoms with Crippen LogP contribution in [0.1, 0.15) is 0 Å². The molecule has 0 radical (unpaired) electrons. The van der Waals surface area contributed by atoms with Crippen molar-refractivity contribution in [3.63, 3.8) is 0 Å². The largest absolute Gasteiger partial charge is 0.383 e. The number of nitrogens with two attached hydrogens (primary N) is 1. The van der Waals surface area contributed by atoms with Crippen molar-refractivity contribution in [2.75, 3.05) is 5.73 Å². The second kappa shape index (κ2) is 2.42. The molecule has 2 heterocycles. The first-order valence-electron chi connectivity index (χ1n) is 2.92. The van der Waals surface area contributed by atoms with Gasteiger partial charge in [0.25, 0.3) is 0 Å². The average molecular weight is 230 g/mol. The fourth-order valence-electron chi connectivity index (χ4n) is 0.848. The lowest BCUT2D eigenvalue weighted by Crippen LogP contribution is -1.90. The SMILES string of the molecule is Nc1ncnc2c(Br)scc12. The molecule has 2 aromatic heterocycles. The summed E-state index contributed by atoms with van der Waals surface area (Å²) in [4.78, 5) is 7.95. The Kier molecular flexibility index (Phi) is 1.54. The Morgan fingerprint density at radius 3 is 3.00 bits per heavy atom. The standard InChI is InChI=1S/C6H4BrN3S/c7-5-4-3(1-11-5)6(8)10-2-9-4/h1-2H,(H2,8,9,10). The molecule has 0 aromatic carbocycles. The molecule has 0 fully saturated rings. The number of halogens is 1. The molecule has 0 aliphatic carbocycles. The van der Waals surface area contributed by atoms with Crippen molar-refractivity contribution < 1.29 is 0 Å². The van der Waals surface area contributed by atoms with Crippen molar-refractivity contribution in [3.05, 3.63) is 15.5 Å². The number of thiophene rings is 1. The van der Waals surface area contributed by atoms with Crippen LogP contribution < -0.4 is 5.73 Å². The Bertz CT molecular complexity index is 398. The molecule has 0 saturated carbocycles. The van der Waals surface area contributed by atoms with Crippen LogP contribution in [0.3, 0.4) is 0 Å². The first kappa shape index (κ1) is 7.00. The fourth-order valence-corrected chi connectivity index (χ4v) is 2.17. The topological polar surface area (TPSA) is 51.8 Å². The maximum atomic E-state index is 5.60. The predicted octanol–water partition coefficient (Wildman–Crippen LogP) is 2.04. The van der Waals surface area contributed by atoms with Gasteiger partial charge in [-0.3, -0.25) is 0 Å². The van der Waals surface area contributed by atoms with Crippen molar-refractivity contribution in [2.45, 2.75) is 0 Å². The molecular weight excluding hydrogens is 226 g/mol. The lowest BCUT2D eigenvalue weighted by atomic mass is 10.4. The molecule has 0 spiro atoms. The third-order valence-electron chi connectivity index (χ3n) is 1.38. The van der Waals surface area contributed by atoms with E-state index in [-0.39, 0.29) is 0 Å². The van der Waals surface area contributed by atoms with E-state index in [2.05, 4.69) is 25.9 Å². The maximum absolute atomic E-state index is 5.60. The second-order valence-electron chi connectivity index (χ2n) is 2.03. The number of fused-ring (bicyclic) bond motifs is 1. The van der Waals surface area contributed by atoms with Crippen LogP contribution in [-0.2, 0) is 0 Å². The molecule has 5 heteroatoms. The highest BCUT2D eigenvalue weighted by Crippen LogP contribution is 2.30. The van der Waals surface area contributed by atoms with Gasteiger partial charge in [0.1, 0.15) is 17.7 Å². The Hall–Kier alpha value is -0.680. The summed E-state index contributed by atoms with van der Waals surface area (Å²) in [5, 5.41) is 2.86. The third kappa shape index (κ3) is 1.00. The van der Waals surface area contributed by atoms with E-state index < -0.39 is 0 Å². The molecule has 2 aromatic rings. The van der Waals surface area contributed by atoms with Crippen molar-refractivity contribution >= 4 is 44.0 Å². The minimum absolute atomic E-state index is 0.539. The summed E-state index contributed by atoms with van der Waals surface area (Å²) >= 11 is 4.94. The molecular formula is C6H4BrN3S. The molecule has 2 rings (SSSR count). The number of nitrogen functional groups attached to an aromatic ring is 1. The zero-order valence-corrected chi connectivity index (χ0v) is 7.82. The van der Waals surface area contributed by atoms with Gasteiger partial charge in [0.2, 0.25) is 0 Å². The molecule has 11 heavy (non-hydrogen) atoms. The molecule has 56 valence electrons. The van der Waals surface area contributed by atoms with Gasteiger partial charge in [-0.2, -0.15) is 0 Å². The van der Waals surface area contributed by atoms with E-state index in [9.17, 15) is 0 Å². The van der Waals surface area contributed by atoms with Gasteiger partial charge in [0.05, 0.1) is 9.17 Å². The van der Waals surface area contributed by atoms with Crippen molar-refractivity contribution in [1.29, 1.82) is 0 Å². The number of nitrogens with zero attached hydrogens (tertiary/aromatic N) is 2. The van der Waals surface area contributed by atoms with Crippen LogP contribution in [0.15, 0.2) is 15.5 Å². The summed E-state index contributed by atoms with van der Waals surface area (Å²) < 4.78 is 1.00. The Balaban J connectivity index is 2.94. The van der Waals surface area contributed by atoms with E-state index in [4.69, 9.17) is 5.73 Å². The summed E-state index contributed by atoms with van der Waals surface area (Å²) in [6, 6.07) is 0. The molecule has 2 N–H and O–H groups in total. The molecule has 0 unspecified atom stereocenters.